The fourth-order valence-corrected chi connectivity index (χ4v) is 4.76. The normalized spacial score (nSPS) is 13.4. The zero-order chi connectivity index (χ0) is 26.6. The third-order valence-corrected chi connectivity index (χ3v) is 6.88. The van der Waals surface area contributed by atoms with E-state index in [0.717, 1.165) is 28.3 Å². The van der Waals surface area contributed by atoms with E-state index in [4.69, 9.17) is 19.3 Å². The van der Waals surface area contributed by atoms with E-state index in [9.17, 15) is 4.79 Å². The summed E-state index contributed by atoms with van der Waals surface area (Å²) in [7, 11) is 4.91. The van der Waals surface area contributed by atoms with Gasteiger partial charge in [0.1, 0.15) is 22.9 Å². The first-order chi connectivity index (χ1) is 18.5. The number of anilines is 1. The Hall–Kier alpha value is -4.46. The minimum absolute atomic E-state index is 0.0588. The zero-order valence-corrected chi connectivity index (χ0v) is 22.2. The predicted octanol–water partition coefficient (Wildman–Crippen LogP) is 4.84. The van der Waals surface area contributed by atoms with Gasteiger partial charge in [-0.2, -0.15) is 5.10 Å². The zero-order valence-electron chi connectivity index (χ0n) is 22.2. The molecule has 8 nitrogen and oxygen atoms in total. The summed E-state index contributed by atoms with van der Waals surface area (Å²) in [5, 5.41) is 4.87. The first kappa shape index (κ1) is 25.2. The smallest absolute Gasteiger partial charge is 0.272 e. The largest absolute Gasteiger partial charge is 0.497 e. The molecule has 196 valence electrons. The maximum Gasteiger partial charge on any atom is 0.272 e. The van der Waals surface area contributed by atoms with Gasteiger partial charge in [0, 0.05) is 37.8 Å². The minimum Gasteiger partial charge on any atom is -0.497 e. The number of aromatic nitrogens is 2. The maximum atomic E-state index is 13.9. The number of ether oxygens (including phenoxy) is 3. The average molecular weight is 513 g/mol. The van der Waals surface area contributed by atoms with Crippen LogP contribution >= 0.6 is 0 Å². The van der Waals surface area contributed by atoms with Gasteiger partial charge in [0.2, 0.25) is 0 Å². The van der Waals surface area contributed by atoms with Crippen molar-refractivity contribution in [3.8, 4) is 34.2 Å². The molecule has 0 radical (unpaired) electrons. The van der Waals surface area contributed by atoms with Crippen LogP contribution in [0.2, 0.25) is 0 Å². The monoisotopic (exact) mass is 512 g/mol. The fourth-order valence-electron chi connectivity index (χ4n) is 4.76. The molecule has 0 spiro atoms. The van der Waals surface area contributed by atoms with Gasteiger partial charge in [-0.1, -0.05) is 29.8 Å². The third-order valence-electron chi connectivity index (χ3n) is 6.88. The molecule has 1 aliphatic rings. The molecule has 0 aliphatic carbocycles. The van der Waals surface area contributed by atoms with Crippen molar-refractivity contribution in [2.75, 3.05) is 52.4 Å². The van der Waals surface area contributed by atoms with Crippen molar-refractivity contribution in [2.24, 2.45) is 0 Å². The van der Waals surface area contributed by atoms with Crippen molar-refractivity contribution in [3.63, 3.8) is 0 Å². The molecule has 2 heterocycles. The number of benzene rings is 3. The number of amides is 1. The Balaban J connectivity index is 1.46. The van der Waals surface area contributed by atoms with Crippen LogP contribution in [-0.2, 0) is 0 Å². The lowest BCUT2D eigenvalue weighted by Crippen LogP contribution is -2.49. The second-order valence-corrected chi connectivity index (χ2v) is 9.18. The number of aryl methyl sites for hydroxylation is 1. The predicted molar refractivity (Wildman–Crippen MR) is 148 cm³/mol. The van der Waals surface area contributed by atoms with E-state index >= 15 is 0 Å². The van der Waals surface area contributed by atoms with Crippen molar-refractivity contribution in [1.82, 2.24) is 14.7 Å². The molecule has 0 unspecified atom stereocenters. The lowest BCUT2D eigenvalue weighted by molar-refractivity contribution is 0.0737. The number of hydrogen-bond donors (Lipinski definition) is 0. The molecule has 1 saturated heterocycles. The van der Waals surface area contributed by atoms with Gasteiger partial charge in [0.05, 0.1) is 38.4 Å². The molecule has 1 amide bonds. The highest BCUT2D eigenvalue weighted by atomic mass is 16.5. The van der Waals surface area contributed by atoms with E-state index in [2.05, 4.69) is 11.0 Å². The summed E-state index contributed by atoms with van der Waals surface area (Å²) < 4.78 is 18.2. The third kappa shape index (κ3) is 4.89. The second kappa shape index (κ2) is 10.9. The number of nitrogens with zero attached hydrogens (tertiary/aromatic N) is 4. The lowest BCUT2D eigenvalue weighted by atomic mass is 10.1. The molecule has 1 aliphatic heterocycles. The summed E-state index contributed by atoms with van der Waals surface area (Å²) in [6.07, 6.45) is 0. The topological polar surface area (TPSA) is 69.1 Å². The standard InChI is InChI=1S/C30H32N4O4/c1-21-9-11-22(12-10-21)34-27(20-25(31-34)24-14-13-23(36-2)19-29(24)38-4)30(35)33-17-15-32(16-18-33)26-7-5-6-8-28(26)37-3/h5-14,19-20H,15-18H2,1-4H3. The van der Waals surface area contributed by atoms with E-state index < -0.39 is 0 Å². The van der Waals surface area contributed by atoms with Crippen LogP contribution in [0.3, 0.4) is 0 Å². The Bertz CT molecular complexity index is 1420. The number of hydrogen-bond acceptors (Lipinski definition) is 6. The van der Waals surface area contributed by atoms with Gasteiger partial charge < -0.3 is 24.0 Å². The highest BCUT2D eigenvalue weighted by Gasteiger charge is 2.28. The lowest BCUT2D eigenvalue weighted by Gasteiger charge is -2.36. The van der Waals surface area contributed by atoms with E-state index in [1.807, 2.05) is 78.6 Å². The Morgan fingerprint density at radius 1 is 0.789 bits per heavy atom. The molecule has 8 heteroatoms. The quantitative estimate of drug-likeness (QED) is 0.353. The number of para-hydroxylation sites is 2. The maximum absolute atomic E-state index is 13.9. The first-order valence-corrected chi connectivity index (χ1v) is 12.6. The van der Waals surface area contributed by atoms with Crippen LogP contribution in [0.4, 0.5) is 5.69 Å². The van der Waals surface area contributed by atoms with Gasteiger partial charge in [-0.25, -0.2) is 4.68 Å². The Kier molecular flexibility index (Phi) is 7.22. The van der Waals surface area contributed by atoms with Gasteiger partial charge in [-0.05, 0) is 49.4 Å². The van der Waals surface area contributed by atoms with E-state index in [-0.39, 0.29) is 5.91 Å². The molecule has 5 rings (SSSR count). The van der Waals surface area contributed by atoms with E-state index in [0.29, 0.717) is 49.1 Å². The summed E-state index contributed by atoms with van der Waals surface area (Å²) in [5.74, 6) is 2.09. The van der Waals surface area contributed by atoms with Crippen molar-refractivity contribution in [3.05, 3.63) is 84.1 Å². The van der Waals surface area contributed by atoms with Gasteiger partial charge in [-0.15, -0.1) is 0 Å². The molecule has 1 aromatic heterocycles. The van der Waals surface area contributed by atoms with Crippen LogP contribution in [0.1, 0.15) is 16.1 Å². The summed E-state index contributed by atoms with van der Waals surface area (Å²) in [4.78, 5) is 18.0. The highest BCUT2D eigenvalue weighted by molar-refractivity contribution is 5.95. The average Bonchev–Trinajstić information content (AvgIpc) is 3.42. The molecule has 1 fully saturated rings. The van der Waals surface area contributed by atoms with Gasteiger partial charge in [0.25, 0.3) is 5.91 Å². The van der Waals surface area contributed by atoms with E-state index in [1.54, 1.807) is 26.0 Å². The van der Waals surface area contributed by atoms with Crippen molar-refractivity contribution < 1.29 is 19.0 Å². The van der Waals surface area contributed by atoms with Crippen LogP contribution in [0, 0.1) is 6.92 Å². The van der Waals surface area contributed by atoms with Crippen LogP contribution < -0.4 is 19.1 Å². The molecule has 4 aromatic rings. The molecule has 0 N–H and O–H groups in total. The molecule has 3 aromatic carbocycles. The summed E-state index contributed by atoms with van der Waals surface area (Å²) in [6, 6.07) is 23.4. The molecule has 0 atom stereocenters. The fraction of sp³-hybridized carbons (Fsp3) is 0.267. The first-order valence-electron chi connectivity index (χ1n) is 12.6. The van der Waals surface area contributed by atoms with Crippen LogP contribution in [0.5, 0.6) is 17.2 Å². The van der Waals surface area contributed by atoms with Crippen molar-refractivity contribution in [2.45, 2.75) is 6.92 Å². The highest BCUT2D eigenvalue weighted by Crippen LogP contribution is 2.34. The van der Waals surface area contributed by atoms with Crippen molar-refractivity contribution >= 4 is 11.6 Å². The van der Waals surface area contributed by atoms with Crippen LogP contribution in [0.15, 0.2) is 72.8 Å². The summed E-state index contributed by atoms with van der Waals surface area (Å²) in [6.45, 7) is 4.65. The molecule has 38 heavy (non-hydrogen) atoms. The van der Waals surface area contributed by atoms with Crippen LogP contribution in [-0.4, -0.2) is 68.1 Å². The molecular weight excluding hydrogens is 480 g/mol. The molecular formula is C30H32N4O4. The summed E-state index contributed by atoms with van der Waals surface area (Å²) >= 11 is 0. The SMILES string of the molecule is COc1ccc(-c2cc(C(=O)N3CCN(c4ccccc4OC)CC3)n(-c3ccc(C)cc3)n2)c(OC)c1. The summed E-state index contributed by atoms with van der Waals surface area (Å²) in [5.41, 5.74) is 4.95. The number of carbonyl (C=O) groups excluding carboxylic acids is 1. The van der Waals surface area contributed by atoms with Crippen molar-refractivity contribution in [1.29, 1.82) is 0 Å². The minimum atomic E-state index is -0.0588. The second-order valence-electron chi connectivity index (χ2n) is 9.18. The Labute approximate surface area is 223 Å². The van der Waals surface area contributed by atoms with Gasteiger partial charge in [-0.3, -0.25) is 4.79 Å². The van der Waals surface area contributed by atoms with Gasteiger partial charge >= 0.3 is 0 Å². The van der Waals surface area contributed by atoms with Gasteiger partial charge in [0.15, 0.2) is 0 Å². The number of piperazine rings is 1. The number of methoxy groups -OCH3 is 3. The molecule has 0 saturated carbocycles. The van der Waals surface area contributed by atoms with Crippen LogP contribution in [0.25, 0.3) is 16.9 Å². The van der Waals surface area contributed by atoms with E-state index in [1.165, 1.54) is 0 Å². The number of rotatable bonds is 7. The Morgan fingerprint density at radius 3 is 2.18 bits per heavy atom. The molecule has 0 bridgehead atoms. The Morgan fingerprint density at radius 2 is 1.50 bits per heavy atom. The number of carbonyl (C=O) groups is 1.